The molecular weight excluding hydrogens is 377 g/mol. The minimum absolute atomic E-state index is 0.0409. The molecule has 6 heteroatoms. The van der Waals surface area contributed by atoms with Crippen molar-refractivity contribution in [2.45, 2.75) is 19.8 Å². The predicted molar refractivity (Wildman–Crippen MR) is 109 cm³/mol. The van der Waals surface area contributed by atoms with E-state index in [-0.39, 0.29) is 18.1 Å². The Balaban J connectivity index is 1.93. The molecule has 0 unspecified atom stereocenters. The average molecular weight is 397 g/mol. The second-order valence-electron chi connectivity index (χ2n) is 6.21. The number of esters is 1. The first-order valence-electron chi connectivity index (χ1n) is 8.92. The Kier molecular flexibility index (Phi) is 6.21. The Morgan fingerprint density at radius 1 is 1.11 bits per heavy atom. The fraction of sp³-hybridized carbons (Fsp3) is 0.182. The Labute approximate surface area is 167 Å². The van der Waals surface area contributed by atoms with Gasteiger partial charge in [-0.05, 0) is 36.8 Å². The lowest BCUT2D eigenvalue weighted by Gasteiger charge is -2.09. The van der Waals surface area contributed by atoms with Crippen LogP contribution in [0.15, 0.2) is 60.7 Å². The van der Waals surface area contributed by atoms with Gasteiger partial charge >= 0.3 is 5.97 Å². The zero-order valence-electron chi connectivity index (χ0n) is 15.6. The molecule has 28 heavy (non-hydrogen) atoms. The predicted octanol–water partition coefficient (Wildman–Crippen LogP) is 5.47. The van der Waals surface area contributed by atoms with Gasteiger partial charge in [-0.25, -0.2) is 9.18 Å². The summed E-state index contributed by atoms with van der Waals surface area (Å²) in [6.07, 6.45) is 0. The molecule has 1 N–H and O–H groups in total. The second kappa shape index (κ2) is 8.80. The Hall–Kier alpha value is -2.99. The minimum atomic E-state index is -0.500. The molecule has 0 aliphatic rings. The van der Waals surface area contributed by atoms with E-state index in [2.05, 4.69) is 5.32 Å². The van der Waals surface area contributed by atoms with E-state index in [0.29, 0.717) is 10.6 Å². The van der Waals surface area contributed by atoms with Crippen LogP contribution in [0, 0.1) is 5.82 Å². The summed E-state index contributed by atoms with van der Waals surface area (Å²) in [4.78, 5) is 25.8. The third-order valence-corrected chi connectivity index (χ3v) is 5.52. The van der Waals surface area contributed by atoms with E-state index in [0.717, 1.165) is 16.5 Å². The van der Waals surface area contributed by atoms with E-state index in [1.54, 1.807) is 13.0 Å². The van der Waals surface area contributed by atoms with Crippen molar-refractivity contribution in [3.05, 3.63) is 88.0 Å². The summed E-state index contributed by atoms with van der Waals surface area (Å²) in [7, 11) is 0. The maximum Gasteiger partial charge on any atom is 0.341 e. The van der Waals surface area contributed by atoms with Gasteiger partial charge in [-0.2, -0.15) is 0 Å². The lowest BCUT2D eigenvalue weighted by atomic mass is 9.99. The number of hydrogen-bond donors (Lipinski definition) is 1. The quantitative estimate of drug-likeness (QED) is 0.561. The van der Waals surface area contributed by atoms with Crippen LogP contribution in [-0.2, 0) is 4.74 Å². The number of carbonyl (C=O) groups is 2. The van der Waals surface area contributed by atoms with Crippen LogP contribution in [0.5, 0.6) is 0 Å². The summed E-state index contributed by atoms with van der Waals surface area (Å²) in [6.45, 7) is 3.99. The van der Waals surface area contributed by atoms with Gasteiger partial charge in [0.25, 0.3) is 5.91 Å². The van der Waals surface area contributed by atoms with Gasteiger partial charge in [-0.15, -0.1) is 11.3 Å². The minimum Gasteiger partial charge on any atom is -0.462 e. The van der Waals surface area contributed by atoms with Crippen molar-refractivity contribution in [2.75, 3.05) is 11.9 Å². The number of carbonyl (C=O) groups excluding carboxylic acids is 2. The molecule has 0 bridgehead atoms. The maximum atomic E-state index is 13.4. The summed E-state index contributed by atoms with van der Waals surface area (Å²) in [5.74, 6) is -1.44. The molecule has 1 heterocycles. The number of amides is 1. The molecule has 0 aliphatic carbocycles. The first-order valence-corrected chi connectivity index (χ1v) is 9.74. The van der Waals surface area contributed by atoms with Gasteiger partial charge in [-0.1, -0.05) is 43.3 Å². The molecule has 1 aromatic heterocycles. The molecule has 0 aliphatic heterocycles. The first kappa shape index (κ1) is 19.8. The van der Waals surface area contributed by atoms with Crippen molar-refractivity contribution >= 4 is 28.2 Å². The summed E-state index contributed by atoms with van der Waals surface area (Å²) in [5.41, 5.74) is 1.58. The van der Waals surface area contributed by atoms with Crippen molar-refractivity contribution < 1.29 is 18.7 Å². The molecular formula is C22H20FNO3S. The second-order valence-corrected chi connectivity index (χ2v) is 7.29. The molecule has 0 spiro atoms. The topological polar surface area (TPSA) is 55.4 Å². The van der Waals surface area contributed by atoms with Gasteiger partial charge in [0.05, 0.1) is 12.2 Å². The van der Waals surface area contributed by atoms with Crippen LogP contribution in [0.2, 0.25) is 0 Å². The number of hydrogen-bond acceptors (Lipinski definition) is 4. The normalized spacial score (nSPS) is 11.7. The molecule has 1 amide bonds. The number of rotatable bonds is 6. The van der Waals surface area contributed by atoms with Crippen molar-refractivity contribution in [1.29, 1.82) is 0 Å². The van der Waals surface area contributed by atoms with Crippen molar-refractivity contribution in [3.63, 3.8) is 0 Å². The SMILES string of the molecule is CCOC(=O)c1cc([C@@H](C)c2ccccc2)sc1NC(=O)c1cccc(F)c1. The maximum absolute atomic E-state index is 13.4. The van der Waals surface area contributed by atoms with Crippen molar-refractivity contribution in [3.8, 4) is 0 Å². The summed E-state index contributed by atoms with van der Waals surface area (Å²) in [6, 6.07) is 17.0. The third kappa shape index (κ3) is 4.46. The first-order chi connectivity index (χ1) is 13.5. The highest BCUT2D eigenvalue weighted by Gasteiger charge is 2.22. The third-order valence-electron chi connectivity index (χ3n) is 4.29. The highest BCUT2D eigenvalue weighted by atomic mass is 32.1. The molecule has 3 rings (SSSR count). The summed E-state index contributed by atoms with van der Waals surface area (Å²) < 4.78 is 18.6. The molecule has 4 nitrogen and oxygen atoms in total. The number of anilines is 1. The number of ether oxygens (including phenoxy) is 1. The van der Waals surface area contributed by atoms with Crippen LogP contribution in [-0.4, -0.2) is 18.5 Å². The van der Waals surface area contributed by atoms with Gasteiger partial charge in [-0.3, -0.25) is 4.79 Å². The molecule has 2 aromatic carbocycles. The van der Waals surface area contributed by atoms with E-state index in [1.807, 2.05) is 37.3 Å². The van der Waals surface area contributed by atoms with Crippen molar-refractivity contribution in [2.24, 2.45) is 0 Å². The fourth-order valence-corrected chi connectivity index (χ4v) is 3.91. The highest BCUT2D eigenvalue weighted by molar-refractivity contribution is 7.16. The summed E-state index contributed by atoms with van der Waals surface area (Å²) in [5, 5.41) is 3.13. The molecule has 3 aromatic rings. The van der Waals surface area contributed by atoms with E-state index in [4.69, 9.17) is 4.74 Å². The number of thiophene rings is 1. The van der Waals surface area contributed by atoms with Crippen LogP contribution in [0.3, 0.4) is 0 Å². The number of benzene rings is 2. The van der Waals surface area contributed by atoms with Crippen LogP contribution in [0.25, 0.3) is 0 Å². The van der Waals surface area contributed by atoms with Crippen LogP contribution in [0.4, 0.5) is 9.39 Å². The largest absolute Gasteiger partial charge is 0.462 e. The zero-order chi connectivity index (χ0) is 20.1. The molecule has 144 valence electrons. The standard InChI is InChI=1S/C22H20FNO3S/c1-3-27-22(26)18-13-19(14(2)15-8-5-4-6-9-15)28-21(18)24-20(25)16-10-7-11-17(23)12-16/h4-14H,3H2,1-2H3,(H,24,25)/t14-/m0/s1. The summed E-state index contributed by atoms with van der Waals surface area (Å²) >= 11 is 1.32. The van der Waals surface area contributed by atoms with Gasteiger partial charge < -0.3 is 10.1 Å². The van der Waals surface area contributed by atoms with Crippen molar-refractivity contribution in [1.82, 2.24) is 0 Å². The van der Waals surface area contributed by atoms with Crippen LogP contribution >= 0.6 is 11.3 Å². The number of nitrogens with one attached hydrogen (secondary N) is 1. The molecule has 0 fully saturated rings. The van der Waals surface area contributed by atoms with E-state index < -0.39 is 17.7 Å². The Morgan fingerprint density at radius 2 is 1.86 bits per heavy atom. The highest BCUT2D eigenvalue weighted by Crippen LogP contribution is 2.36. The van der Waals surface area contributed by atoms with Gasteiger partial charge in [0.2, 0.25) is 0 Å². The molecule has 0 radical (unpaired) electrons. The smallest absolute Gasteiger partial charge is 0.341 e. The Morgan fingerprint density at radius 3 is 2.54 bits per heavy atom. The van der Waals surface area contributed by atoms with Gasteiger partial charge in [0, 0.05) is 16.4 Å². The fourth-order valence-electron chi connectivity index (χ4n) is 2.79. The van der Waals surface area contributed by atoms with Crippen LogP contribution < -0.4 is 5.32 Å². The lowest BCUT2D eigenvalue weighted by Crippen LogP contribution is -2.14. The lowest BCUT2D eigenvalue weighted by molar-refractivity contribution is 0.0528. The molecule has 0 saturated carbocycles. The van der Waals surface area contributed by atoms with Gasteiger partial charge in [0.1, 0.15) is 10.8 Å². The van der Waals surface area contributed by atoms with E-state index in [1.165, 1.54) is 29.5 Å². The van der Waals surface area contributed by atoms with E-state index >= 15 is 0 Å². The average Bonchev–Trinajstić information content (AvgIpc) is 3.12. The van der Waals surface area contributed by atoms with E-state index in [9.17, 15) is 14.0 Å². The Bertz CT molecular complexity index is 984. The molecule has 1 atom stereocenters. The molecule has 0 saturated heterocycles. The van der Waals surface area contributed by atoms with Crippen LogP contribution in [0.1, 0.15) is 50.9 Å². The zero-order valence-corrected chi connectivity index (χ0v) is 16.4. The van der Waals surface area contributed by atoms with Gasteiger partial charge in [0.15, 0.2) is 0 Å². The number of halogens is 1. The monoisotopic (exact) mass is 397 g/mol.